The lowest BCUT2D eigenvalue weighted by atomic mass is 10.1. The van der Waals surface area contributed by atoms with Gasteiger partial charge in [-0.05, 0) is 31.9 Å². The van der Waals surface area contributed by atoms with Gasteiger partial charge >= 0.3 is 5.97 Å². The van der Waals surface area contributed by atoms with Crippen LogP contribution in [-0.4, -0.2) is 29.1 Å². The lowest BCUT2D eigenvalue weighted by Crippen LogP contribution is -2.38. The van der Waals surface area contributed by atoms with E-state index in [1.165, 1.54) is 5.56 Å². The number of aromatic nitrogens is 1. The highest BCUT2D eigenvalue weighted by Crippen LogP contribution is 2.32. The van der Waals surface area contributed by atoms with Crippen molar-refractivity contribution in [3.63, 3.8) is 0 Å². The Hall–Kier alpha value is -3.02. The van der Waals surface area contributed by atoms with Crippen molar-refractivity contribution in [3.05, 3.63) is 53.9 Å². The Labute approximate surface area is 150 Å². The number of benzene rings is 1. The van der Waals surface area contributed by atoms with Crippen LogP contribution in [0.15, 0.2) is 47.1 Å². The highest BCUT2D eigenvalue weighted by molar-refractivity contribution is 5.99. The number of para-hydroxylation sites is 1. The van der Waals surface area contributed by atoms with E-state index in [4.69, 9.17) is 9.15 Å². The summed E-state index contributed by atoms with van der Waals surface area (Å²) in [6.07, 6.45) is 2.38. The third kappa shape index (κ3) is 2.58. The number of carbonyl (C=O) groups is 2. The van der Waals surface area contributed by atoms with Crippen LogP contribution >= 0.6 is 0 Å². The molecule has 1 aliphatic heterocycles. The molecule has 3 aromatic rings. The maximum absolute atomic E-state index is 13.1. The molecule has 0 aliphatic carbocycles. The highest BCUT2D eigenvalue weighted by atomic mass is 16.5. The number of anilines is 1. The molecule has 0 fully saturated rings. The predicted octanol–water partition coefficient (Wildman–Crippen LogP) is 3.39. The van der Waals surface area contributed by atoms with Crippen molar-refractivity contribution < 1.29 is 18.7 Å². The molecular weight excluding hydrogens is 332 g/mol. The molecule has 1 aliphatic rings. The fourth-order valence-electron chi connectivity index (χ4n) is 3.68. The number of amides is 1. The van der Waals surface area contributed by atoms with Gasteiger partial charge in [0.25, 0.3) is 0 Å². The van der Waals surface area contributed by atoms with E-state index in [0.717, 1.165) is 12.1 Å². The predicted molar refractivity (Wildman–Crippen MR) is 97.3 cm³/mol. The van der Waals surface area contributed by atoms with Crippen LogP contribution in [0.5, 0.6) is 0 Å². The summed E-state index contributed by atoms with van der Waals surface area (Å²) in [7, 11) is 0. The van der Waals surface area contributed by atoms with Gasteiger partial charge in [-0.3, -0.25) is 4.79 Å². The zero-order chi connectivity index (χ0) is 18.3. The van der Waals surface area contributed by atoms with Gasteiger partial charge in [-0.2, -0.15) is 0 Å². The second-order valence-electron chi connectivity index (χ2n) is 6.45. The molecule has 0 bridgehead atoms. The van der Waals surface area contributed by atoms with Crippen LogP contribution in [-0.2, 0) is 22.5 Å². The summed E-state index contributed by atoms with van der Waals surface area (Å²) in [6.45, 7) is 4.11. The number of nitrogens with zero attached hydrogens (tertiary/aromatic N) is 2. The molecule has 0 spiro atoms. The van der Waals surface area contributed by atoms with E-state index in [9.17, 15) is 9.59 Å². The first-order valence-electron chi connectivity index (χ1n) is 8.74. The molecule has 2 aromatic heterocycles. The van der Waals surface area contributed by atoms with Gasteiger partial charge in [0.05, 0.1) is 18.4 Å². The summed E-state index contributed by atoms with van der Waals surface area (Å²) in [5, 5.41) is 0. The van der Waals surface area contributed by atoms with Gasteiger partial charge in [-0.25, -0.2) is 4.79 Å². The van der Waals surface area contributed by atoms with E-state index >= 15 is 0 Å². The Balaban J connectivity index is 1.69. The summed E-state index contributed by atoms with van der Waals surface area (Å²) >= 11 is 0. The van der Waals surface area contributed by atoms with Crippen molar-refractivity contribution in [1.82, 2.24) is 4.57 Å². The Bertz CT molecular complexity index is 985. The van der Waals surface area contributed by atoms with E-state index in [0.29, 0.717) is 16.8 Å². The summed E-state index contributed by atoms with van der Waals surface area (Å²) in [6, 6.07) is 11.4. The van der Waals surface area contributed by atoms with Crippen LogP contribution in [0.3, 0.4) is 0 Å². The molecule has 1 atom stereocenters. The number of ether oxygens (including phenoxy) is 1. The molecule has 0 saturated heterocycles. The molecule has 1 unspecified atom stereocenters. The van der Waals surface area contributed by atoms with Gasteiger partial charge in [-0.15, -0.1) is 0 Å². The minimum atomic E-state index is -0.457. The molecule has 6 nitrogen and oxygen atoms in total. The Morgan fingerprint density at radius 1 is 1.27 bits per heavy atom. The topological polar surface area (TPSA) is 64.7 Å². The molecule has 0 saturated carbocycles. The van der Waals surface area contributed by atoms with Crippen molar-refractivity contribution >= 4 is 28.7 Å². The van der Waals surface area contributed by atoms with Crippen LogP contribution in [0.1, 0.15) is 29.9 Å². The van der Waals surface area contributed by atoms with Gasteiger partial charge in [0, 0.05) is 23.9 Å². The first-order valence-corrected chi connectivity index (χ1v) is 8.74. The summed E-state index contributed by atoms with van der Waals surface area (Å²) in [5.41, 5.74) is 3.71. The molecular formula is C20H20N2O4. The summed E-state index contributed by atoms with van der Waals surface area (Å²) in [4.78, 5) is 27.2. The molecule has 134 valence electrons. The SMILES string of the molecule is CCOC(=O)c1cc2occc2n1CC(=O)N1c2ccccc2CC1C. The number of fused-ring (bicyclic) bond motifs is 2. The molecule has 0 N–H and O–H groups in total. The average molecular weight is 352 g/mol. The zero-order valence-electron chi connectivity index (χ0n) is 14.8. The van der Waals surface area contributed by atoms with Crippen LogP contribution in [0, 0.1) is 0 Å². The van der Waals surface area contributed by atoms with E-state index in [-0.39, 0.29) is 25.1 Å². The number of carbonyl (C=O) groups excluding carboxylic acids is 2. The monoisotopic (exact) mass is 352 g/mol. The smallest absolute Gasteiger partial charge is 0.355 e. The van der Waals surface area contributed by atoms with Crippen LogP contribution in [0.25, 0.3) is 11.1 Å². The van der Waals surface area contributed by atoms with Gasteiger partial charge in [0.1, 0.15) is 12.2 Å². The minimum Gasteiger partial charge on any atom is -0.463 e. The Kier molecular flexibility index (Phi) is 4.03. The third-order valence-corrected chi connectivity index (χ3v) is 4.78. The second kappa shape index (κ2) is 6.37. The summed E-state index contributed by atoms with van der Waals surface area (Å²) < 4.78 is 12.2. The summed E-state index contributed by atoms with van der Waals surface area (Å²) in [5.74, 6) is -0.520. The average Bonchev–Trinajstić information content (AvgIpc) is 3.28. The van der Waals surface area contributed by atoms with Gasteiger partial charge in [-0.1, -0.05) is 18.2 Å². The second-order valence-corrected chi connectivity index (χ2v) is 6.45. The Morgan fingerprint density at radius 2 is 2.08 bits per heavy atom. The number of hydrogen-bond donors (Lipinski definition) is 0. The van der Waals surface area contributed by atoms with Crippen molar-refractivity contribution in [2.24, 2.45) is 0 Å². The first-order chi connectivity index (χ1) is 12.6. The van der Waals surface area contributed by atoms with Gasteiger partial charge in [0.15, 0.2) is 5.58 Å². The Morgan fingerprint density at radius 3 is 2.88 bits per heavy atom. The number of hydrogen-bond acceptors (Lipinski definition) is 4. The number of rotatable bonds is 4. The maximum atomic E-state index is 13.1. The van der Waals surface area contributed by atoms with E-state index < -0.39 is 5.97 Å². The van der Waals surface area contributed by atoms with Crippen molar-refractivity contribution in [2.75, 3.05) is 11.5 Å². The highest BCUT2D eigenvalue weighted by Gasteiger charge is 2.31. The molecule has 3 heterocycles. The lowest BCUT2D eigenvalue weighted by molar-refractivity contribution is -0.119. The molecule has 1 aromatic carbocycles. The largest absolute Gasteiger partial charge is 0.463 e. The molecule has 1 amide bonds. The van der Waals surface area contributed by atoms with Crippen molar-refractivity contribution in [1.29, 1.82) is 0 Å². The van der Waals surface area contributed by atoms with Crippen molar-refractivity contribution in [3.8, 4) is 0 Å². The normalized spacial score (nSPS) is 16.1. The number of esters is 1. The molecule has 4 rings (SSSR count). The van der Waals surface area contributed by atoms with Gasteiger partial charge in [0.2, 0.25) is 5.91 Å². The molecule has 6 heteroatoms. The van der Waals surface area contributed by atoms with Crippen molar-refractivity contribution in [2.45, 2.75) is 32.9 Å². The first kappa shape index (κ1) is 16.4. The third-order valence-electron chi connectivity index (χ3n) is 4.78. The van der Waals surface area contributed by atoms with Crippen LogP contribution in [0.4, 0.5) is 5.69 Å². The van der Waals surface area contributed by atoms with Crippen LogP contribution < -0.4 is 4.90 Å². The van der Waals surface area contributed by atoms with Gasteiger partial charge < -0.3 is 18.6 Å². The quantitative estimate of drug-likeness (QED) is 0.675. The lowest BCUT2D eigenvalue weighted by Gasteiger charge is -2.23. The zero-order valence-corrected chi connectivity index (χ0v) is 14.8. The molecule has 26 heavy (non-hydrogen) atoms. The van der Waals surface area contributed by atoms with E-state index in [1.54, 1.807) is 29.9 Å². The fraction of sp³-hybridized carbons (Fsp3) is 0.300. The maximum Gasteiger partial charge on any atom is 0.355 e. The fourth-order valence-corrected chi connectivity index (χ4v) is 3.68. The standard InChI is InChI=1S/C20H20N2O4/c1-3-25-20(24)17-11-18-16(8-9-26-18)21(17)12-19(23)22-13(2)10-14-6-4-5-7-15(14)22/h4-9,11,13H,3,10,12H2,1-2H3. The molecule has 0 radical (unpaired) electrons. The minimum absolute atomic E-state index is 0.0514. The van der Waals surface area contributed by atoms with E-state index in [2.05, 4.69) is 0 Å². The van der Waals surface area contributed by atoms with E-state index in [1.807, 2.05) is 36.1 Å². The number of furan rings is 1. The van der Waals surface area contributed by atoms with Crippen LogP contribution in [0.2, 0.25) is 0 Å².